The zero-order chi connectivity index (χ0) is 20.5. The summed E-state index contributed by atoms with van der Waals surface area (Å²) in [6, 6.07) is 4.66. The Labute approximate surface area is 168 Å². The number of hydrogen-bond acceptors (Lipinski definition) is 4. The van der Waals surface area contributed by atoms with Crippen LogP contribution in [0.5, 0.6) is 5.75 Å². The van der Waals surface area contributed by atoms with E-state index in [-0.39, 0.29) is 17.9 Å². The quantitative estimate of drug-likeness (QED) is 0.772. The fourth-order valence-corrected chi connectivity index (χ4v) is 4.58. The molecule has 2 atom stereocenters. The van der Waals surface area contributed by atoms with Crippen LogP contribution in [0.4, 0.5) is 4.79 Å². The third-order valence-corrected chi connectivity index (χ3v) is 6.49. The van der Waals surface area contributed by atoms with Crippen LogP contribution in [0.2, 0.25) is 0 Å². The molecule has 4 amide bonds. The van der Waals surface area contributed by atoms with Crippen molar-refractivity contribution in [1.29, 1.82) is 0 Å². The van der Waals surface area contributed by atoms with E-state index < -0.39 is 17.6 Å². The van der Waals surface area contributed by atoms with Gasteiger partial charge in [-0.25, -0.2) is 9.69 Å². The van der Waals surface area contributed by atoms with Crippen LogP contribution < -0.4 is 10.1 Å². The van der Waals surface area contributed by atoms with Gasteiger partial charge in [0.15, 0.2) is 5.54 Å². The van der Waals surface area contributed by atoms with Gasteiger partial charge in [0.1, 0.15) is 11.8 Å². The number of imide groups is 1. The zero-order valence-corrected chi connectivity index (χ0v) is 16.7. The van der Waals surface area contributed by atoms with Gasteiger partial charge in [-0.15, -0.1) is 0 Å². The van der Waals surface area contributed by atoms with Crippen LogP contribution in [0.1, 0.15) is 37.9 Å². The Kier molecular flexibility index (Phi) is 3.72. The van der Waals surface area contributed by atoms with Crippen LogP contribution in [0, 0.1) is 0 Å². The summed E-state index contributed by atoms with van der Waals surface area (Å²) >= 11 is 0. The van der Waals surface area contributed by atoms with Crippen molar-refractivity contribution in [2.45, 2.75) is 50.7 Å². The molecule has 1 saturated heterocycles. The van der Waals surface area contributed by atoms with Crippen molar-refractivity contribution in [2.24, 2.45) is 0 Å². The summed E-state index contributed by atoms with van der Waals surface area (Å²) in [5.41, 5.74) is 1.50. The number of aromatic nitrogens is 1. The van der Waals surface area contributed by atoms with Crippen molar-refractivity contribution in [3.63, 3.8) is 0 Å². The van der Waals surface area contributed by atoms with Crippen molar-refractivity contribution < 1.29 is 19.1 Å². The minimum absolute atomic E-state index is 0.172. The second-order valence-electron chi connectivity index (χ2n) is 8.28. The number of urea groups is 1. The topological polar surface area (TPSA) is 94.7 Å². The Morgan fingerprint density at radius 2 is 2.10 bits per heavy atom. The molecule has 2 aromatic rings. The standard InChI is InChI=1S/C21H24N4O4/c1-11(18(26)22-12-4-5-12)25-19(27)21(2)17-14(8-9-24(21)20(25)28)15-10-13(29-3)6-7-16(15)23-17/h6-7,10-12,23H,4-5,8-9H2,1-3H3,(H,22,26)/t11-,21+/m0/s1. The number of fused-ring (bicyclic) bond motifs is 5. The van der Waals surface area contributed by atoms with Gasteiger partial charge in [0.25, 0.3) is 5.91 Å². The van der Waals surface area contributed by atoms with E-state index in [2.05, 4.69) is 10.3 Å². The Morgan fingerprint density at radius 1 is 1.34 bits per heavy atom. The molecule has 2 fully saturated rings. The summed E-state index contributed by atoms with van der Waals surface area (Å²) in [6.07, 6.45) is 2.53. The van der Waals surface area contributed by atoms with Crippen LogP contribution >= 0.6 is 0 Å². The molecule has 2 aliphatic heterocycles. The van der Waals surface area contributed by atoms with Crippen LogP contribution in [0.15, 0.2) is 18.2 Å². The number of nitrogens with one attached hydrogen (secondary N) is 2. The Hall–Kier alpha value is -3.03. The molecule has 1 aliphatic carbocycles. The molecule has 8 heteroatoms. The van der Waals surface area contributed by atoms with E-state index in [1.807, 2.05) is 18.2 Å². The maximum absolute atomic E-state index is 13.5. The lowest BCUT2D eigenvalue weighted by atomic mass is 9.87. The lowest BCUT2D eigenvalue weighted by molar-refractivity contribution is -0.139. The van der Waals surface area contributed by atoms with Crippen molar-refractivity contribution in [2.75, 3.05) is 13.7 Å². The predicted octanol–water partition coefficient (Wildman–Crippen LogP) is 1.88. The van der Waals surface area contributed by atoms with Gasteiger partial charge in [-0.1, -0.05) is 0 Å². The predicted molar refractivity (Wildman–Crippen MR) is 105 cm³/mol. The summed E-state index contributed by atoms with van der Waals surface area (Å²) in [5, 5.41) is 3.89. The molecule has 8 nitrogen and oxygen atoms in total. The molecule has 0 bridgehead atoms. The maximum atomic E-state index is 13.5. The minimum atomic E-state index is -1.15. The molecular formula is C21H24N4O4. The molecule has 2 N–H and O–H groups in total. The number of benzene rings is 1. The monoisotopic (exact) mass is 396 g/mol. The van der Waals surface area contributed by atoms with E-state index in [1.165, 1.54) is 0 Å². The molecule has 1 aromatic carbocycles. The Morgan fingerprint density at radius 3 is 2.79 bits per heavy atom. The van der Waals surface area contributed by atoms with E-state index in [9.17, 15) is 14.4 Å². The highest BCUT2D eigenvalue weighted by atomic mass is 16.5. The van der Waals surface area contributed by atoms with Gasteiger partial charge in [-0.2, -0.15) is 0 Å². The van der Waals surface area contributed by atoms with E-state index in [1.54, 1.807) is 25.9 Å². The molecule has 3 heterocycles. The number of H-pyrrole nitrogens is 1. The molecule has 29 heavy (non-hydrogen) atoms. The second kappa shape index (κ2) is 5.98. The van der Waals surface area contributed by atoms with E-state index in [0.29, 0.717) is 13.0 Å². The highest BCUT2D eigenvalue weighted by Crippen LogP contribution is 2.45. The number of aromatic amines is 1. The Balaban J connectivity index is 1.56. The number of methoxy groups -OCH3 is 1. The maximum Gasteiger partial charge on any atom is 0.328 e. The number of carbonyl (C=O) groups excluding carboxylic acids is 3. The van der Waals surface area contributed by atoms with Crippen molar-refractivity contribution >= 4 is 28.7 Å². The largest absolute Gasteiger partial charge is 0.497 e. The van der Waals surface area contributed by atoms with Crippen molar-refractivity contribution in [1.82, 2.24) is 20.1 Å². The Bertz CT molecular complexity index is 1060. The highest BCUT2D eigenvalue weighted by molar-refractivity contribution is 6.11. The van der Waals surface area contributed by atoms with Crippen molar-refractivity contribution in [3.8, 4) is 5.75 Å². The van der Waals surface area contributed by atoms with Crippen molar-refractivity contribution in [3.05, 3.63) is 29.5 Å². The smallest absolute Gasteiger partial charge is 0.328 e. The molecule has 0 unspecified atom stereocenters. The summed E-state index contributed by atoms with van der Waals surface area (Å²) < 4.78 is 5.35. The van der Waals surface area contributed by atoms with Gasteiger partial charge in [-0.05, 0) is 56.9 Å². The molecule has 0 radical (unpaired) electrons. The number of nitrogens with zero attached hydrogens (tertiary/aromatic N) is 2. The second-order valence-corrected chi connectivity index (χ2v) is 8.28. The van der Waals surface area contributed by atoms with E-state index in [4.69, 9.17) is 4.74 Å². The fourth-order valence-electron chi connectivity index (χ4n) is 4.58. The summed E-state index contributed by atoms with van der Waals surface area (Å²) in [6.45, 7) is 3.81. The average Bonchev–Trinajstić information content (AvgIpc) is 3.40. The van der Waals surface area contributed by atoms with Gasteiger partial charge in [-0.3, -0.25) is 9.59 Å². The average molecular weight is 396 g/mol. The van der Waals surface area contributed by atoms with Gasteiger partial charge in [0.2, 0.25) is 5.91 Å². The number of hydrogen-bond donors (Lipinski definition) is 2. The van der Waals surface area contributed by atoms with Gasteiger partial charge < -0.3 is 19.9 Å². The van der Waals surface area contributed by atoms with E-state index >= 15 is 0 Å². The van der Waals surface area contributed by atoms with Gasteiger partial charge in [0.05, 0.1) is 12.8 Å². The van der Waals surface area contributed by atoms with E-state index in [0.717, 1.165) is 45.7 Å². The summed E-state index contributed by atoms with van der Waals surface area (Å²) in [4.78, 5) is 45.3. The van der Waals surface area contributed by atoms with Crippen LogP contribution in [-0.2, 0) is 21.5 Å². The zero-order valence-electron chi connectivity index (χ0n) is 16.7. The third kappa shape index (κ3) is 2.41. The summed E-state index contributed by atoms with van der Waals surface area (Å²) in [5.74, 6) is 0.104. The number of carbonyl (C=O) groups is 3. The highest BCUT2D eigenvalue weighted by Gasteiger charge is 2.60. The first kappa shape index (κ1) is 18.0. The molecule has 1 aromatic heterocycles. The lowest BCUT2D eigenvalue weighted by Crippen LogP contribution is -2.50. The lowest BCUT2D eigenvalue weighted by Gasteiger charge is -2.36. The van der Waals surface area contributed by atoms with Crippen LogP contribution in [-0.4, -0.2) is 58.4 Å². The molecule has 152 valence electrons. The first-order valence-corrected chi connectivity index (χ1v) is 10.0. The normalized spacial score (nSPS) is 24.5. The number of ether oxygens (including phenoxy) is 1. The molecule has 1 saturated carbocycles. The fraction of sp³-hybridized carbons (Fsp3) is 0.476. The summed E-state index contributed by atoms with van der Waals surface area (Å²) in [7, 11) is 1.62. The first-order chi connectivity index (χ1) is 13.9. The molecule has 3 aliphatic rings. The molecular weight excluding hydrogens is 372 g/mol. The van der Waals surface area contributed by atoms with Gasteiger partial charge in [0, 0.05) is 23.5 Å². The SMILES string of the molecule is COc1ccc2[nH]c3c(c2c1)CCN1C(=O)N([C@@H](C)C(=O)NC2CC2)C(=O)[C@@]31C. The minimum Gasteiger partial charge on any atom is -0.497 e. The molecule has 5 rings (SSSR count). The third-order valence-electron chi connectivity index (χ3n) is 6.49. The number of rotatable bonds is 4. The molecule has 0 spiro atoms. The van der Waals surface area contributed by atoms with Crippen LogP contribution in [0.3, 0.4) is 0 Å². The van der Waals surface area contributed by atoms with Gasteiger partial charge >= 0.3 is 6.03 Å². The first-order valence-electron chi connectivity index (χ1n) is 10.0. The number of amides is 4. The van der Waals surface area contributed by atoms with Crippen LogP contribution in [0.25, 0.3) is 10.9 Å².